The molecular weight excluding hydrogens is 246 g/mol. The van der Waals surface area contributed by atoms with E-state index in [0.717, 1.165) is 28.9 Å². The quantitative estimate of drug-likeness (QED) is 0.886. The third kappa shape index (κ3) is 3.37. The summed E-state index contributed by atoms with van der Waals surface area (Å²) in [4.78, 5) is 4.63. The zero-order valence-electron chi connectivity index (χ0n) is 12.0. The van der Waals surface area contributed by atoms with Crippen LogP contribution in [0.5, 0.6) is 0 Å². The number of fused-ring (bicyclic) bond motifs is 1. The summed E-state index contributed by atoms with van der Waals surface area (Å²) >= 11 is 0. The van der Waals surface area contributed by atoms with Crippen molar-refractivity contribution in [1.29, 1.82) is 0 Å². The zero-order valence-corrected chi connectivity index (χ0v) is 12.0. The Kier molecular flexibility index (Phi) is 4.31. The van der Waals surface area contributed by atoms with Gasteiger partial charge in [0.15, 0.2) is 0 Å². The molecule has 1 unspecified atom stereocenters. The van der Waals surface area contributed by atoms with Crippen LogP contribution in [0.15, 0.2) is 36.4 Å². The van der Waals surface area contributed by atoms with Crippen LogP contribution in [0.1, 0.15) is 44.2 Å². The number of hydrogen-bond acceptors (Lipinski definition) is 2. The van der Waals surface area contributed by atoms with E-state index in [-0.39, 0.29) is 6.10 Å². The number of nitrogens with zero attached hydrogens (tertiary/aromatic N) is 1. The lowest BCUT2D eigenvalue weighted by atomic mass is 9.98. The number of pyridine rings is 1. The van der Waals surface area contributed by atoms with Crippen molar-refractivity contribution in [3.05, 3.63) is 42.1 Å². The molecule has 1 aliphatic rings. The van der Waals surface area contributed by atoms with Gasteiger partial charge < -0.3 is 5.11 Å². The van der Waals surface area contributed by atoms with E-state index in [9.17, 15) is 5.11 Å². The summed E-state index contributed by atoms with van der Waals surface area (Å²) < 4.78 is 0. The van der Waals surface area contributed by atoms with Gasteiger partial charge in [-0.3, -0.25) is 4.98 Å². The van der Waals surface area contributed by atoms with Crippen LogP contribution in [-0.2, 0) is 6.42 Å². The average Bonchev–Trinajstić information content (AvgIpc) is 2.98. The molecule has 1 aromatic heterocycles. The van der Waals surface area contributed by atoms with Gasteiger partial charge in [0, 0.05) is 17.5 Å². The smallest absolute Gasteiger partial charge is 0.0705 e. The molecule has 3 rings (SSSR count). The molecule has 0 radical (unpaired) electrons. The fraction of sp³-hybridized carbons (Fsp3) is 0.500. The molecule has 1 atom stereocenters. The second-order valence-corrected chi connectivity index (χ2v) is 6.08. The van der Waals surface area contributed by atoms with E-state index >= 15 is 0 Å². The largest absolute Gasteiger partial charge is 0.393 e. The molecule has 0 bridgehead atoms. The van der Waals surface area contributed by atoms with Gasteiger partial charge in [-0.15, -0.1) is 0 Å². The number of aliphatic hydroxyl groups excluding tert-OH is 1. The first kappa shape index (κ1) is 13.6. The van der Waals surface area contributed by atoms with E-state index in [2.05, 4.69) is 17.1 Å². The van der Waals surface area contributed by atoms with Gasteiger partial charge in [0.25, 0.3) is 0 Å². The number of rotatable bonds is 5. The molecule has 0 saturated heterocycles. The number of hydrogen-bond donors (Lipinski definition) is 1. The predicted octanol–water partition coefficient (Wildman–Crippen LogP) is 4.11. The SMILES string of the molecule is OC(CCC1CCCC1)Cc1ccc2ccccc2n1. The van der Waals surface area contributed by atoms with Gasteiger partial charge in [0.1, 0.15) is 0 Å². The average molecular weight is 269 g/mol. The van der Waals surface area contributed by atoms with Gasteiger partial charge in [0.2, 0.25) is 0 Å². The zero-order chi connectivity index (χ0) is 13.8. The summed E-state index contributed by atoms with van der Waals surface area (Å²) in [5.74, 6) is 0.856. The highest BCUT2D eigenvalue weighted by molar-refractivity contribution is 5.78. The number of para-hydroxylation sites is 1. The normalized spacial score (nSPS) is 17.6. The summed E-state index contributed by atoms with van der Waals surface area (Å²) in [6.07, 6.45) is 8.01. The number of aliphatic hydroxyl groups is 1. The Morgan fingerprint density at radius 1 is 1.10 bits per heavy atom. The second kappa shape index (κ2) is 6.36. The Morgan fingerprint density at radius 2 is 1.90 bits per heavy atom. The van der Waals surface area contributed by atoms with E-state index in [1.54, 1.807) is 0 Å². The monoisotopic (exact) mass is 269 g/mol. The van der Waals surface area contributed by atoms with Gasteiger partial charge in [-0.1, -0.05) is 49.9 Å². The molecule has 0 spiro atoms. The van der Waals surface area contributed by atoms with Crippen LogP contribution in [0.3, 0.4) is 0 Å². The van der Waals surface area contributed by atoms with Crippen LogP contribution in [0.25, 0.3) is 10.9 Å². The van der Waals surface area contributed by atoms with Crippen molar-refractivity contribution in [3.8, 4) is 0 Å². The lowest BCUT2D eigenvalue weighted by molar-refractivity contribution is 0.154. The van der Waals surface area contributed by atoms with Crippen molar-refractivity contribution in [1.82, 2.24) is 4.98 Å². The fourth-order valence-electron chi connectivity index (χ4n) is 3.29. The molecular formula is C18H23NO. The molecule has 1 aliphatic carbocycles. The summed E-state index contributed by atoms with van der Waals surface area (Å²) in [5, 5.41) is 11.4. The van der Waals surface area contributed by atoms with E-state index in [1.165, 1.54) is 32.1 Å². The van der Waals surface area contributed by atoms with Crippen LogP contribution >= 0.6 is 0 Å². The molecule has 1 aromatic carbocycles. The summed E-state index contributed by atoms with van der Waals surface area (Å²) in [6, 6.07) is 12.3. The van der Waals surface area contributed by atoms with Crippen LogP contribution in [0.2, 0.25) is 0 Å². The molecule has 1 fully saturated rings. The van der Waals surface area contributed by atoms with Gasteiger partial charge in [0.05, 0.1) is 11.6 Å². The minimum Gasteiger partial charge on any atom is -0.393 e. The topological polar surface area (TPSA) is 33.1 Å². The molecule has 0 aliphatic heterocycles. The molecule has 2 heteroatoms. The number of benzene rings is 1. The Morgan fingerprint density at radius 3 is 2.75 bits per heavy atom. The minimum atomic E-state index is -0.246. The van der Waals surface area contributed by atoms with Crippen molar-refractivity contribution >= 4 is 10.9 Å². The summed E-state index contributed by atoms with van der Waals surface area (Å²) in [7, 11) is 0. The highest BCUT2D eigenvalue weighted by Crippen LogP contribution is 2.29. The molecule has 0 amide bonds. The summed E-state index contributed by atoms with van der Waals surface area (Å²) in [5.41, 5.74) is 2.02. The molecule has 2 nitrogen and oxygen atoms in total. The molecule has 2 aromatic rings. The van der Waals surface area contributed by atoms with Crippen molar-refractivity contribution in [2.45, 2.75) is 51.0 Å². The lowest BCUT2D eigenvalue weighted by Gasteiger charge is -2.13. The van der Waals surface area contributed by atoms with Gasteiger partial charge in [-0.25, -0.2) is 0 Å². The van der Waals surface area contributed by atoms with Crippen LogP contribution in [-0.4, -0.2) is 16.2 Å². The molecule has 20 heavy (non-hydrogen) atoms. The first-order valence-electron chi connectivity index (χ1n) is 7.84. The molecule has 1 N–H and O–H groups in total. The van der Waals surface area contributed by atoms with E-state index < -0.39 is 0 Å². The summed E-state index contributed by atoms with van der Waals surface area (Å²) in [6.45, 7) is 0. The van der Waals surface area contributed by atoms with Crippen molar-refractivity contribution in [3.63, 3.8) is 0 Å². The lowest BCUT2D eigenvalue weighted by Crippen LogP contribution is -2.13. The minimum absolute atomic E-state index is 0.246. The fourth-order valence-corrected chi connectivity index (χ4v) is 3.29. The third-order valence-corrected chi connectivity index (χ3v) is 4.48. The standard InChI is InChI=1S/C18H23NO/c20-17(12-9-14-5-1-2-6-14)13-16-11-10-15-7-3-4-8-18(15)19-16/h3-4,7-8,10-11,14,17,20H,1-2,5-6,9,12-13H2. The molecule has 106 valence electrons. The first-order chi connectivity index (χ1) is 9.81. The Bertz CT molecular complexity index is 560. The maximum Gasteiger partial charge on any atom is 0.0705 e. The van der Waals surface area contributed by atoms with Gasteiger partial charge in [-0.05, 0) is 30.9 Å². The highest BCUT2D eigenvalue weighted by Gasteiger charge is 2.16. The van der Waals surface area contributed by atoms with Crippen LogP contribution in [0, 0.1) is 5.92 Å². The van der Waals surface area contributed by atoms with Crippen molar-refractivity contribution < 1.29 is 5.11 Å². The van der Waals surface area contributed by atoms with E-state index in [1.807, 2.05) is 24.3 Å². The van der Waals surface area contributed by atoms with E-state index in [4.69, 9.17) is 0 Å². The Hall–Kier alpha value is -1.41. The van der Waals surface area contributed by atoms with Crippen molar-refractivity contribution in [2.75, 3.05) is 0 Å². The number of aromatic nitrogens is 1. The molecule has 1 saturated carbocycles. The maximum absolute atomic E-state index is 10.2. The van der Waals surface area contributed by atoms with Crippen molar-refractivity contribution in [2.24, 2.45) is 5.92 Å². The molecule has 1 heterocycles. The third-order valence-electron chi connectivity index (χ3n) is 4.48. The highest BCUT2D eigenvalue weighted by atomic mass is 16.3. The van der Waals surface area contributed by atoms with Gasteiger partial charge in [-0.2, -0.15) is 0 Å². The van der Waals surface area contributed by atoms with E-state index in [0.29, 0.717) is 6.42 Å². The Labute approximate surface area is 120 Å². The van der Waals surface area contributed by atoms with Crippen LogP contribution < -0.4 is 0 Å². The Balaban J connectivity index is 1.57. The second-order valence-electron chi connectivity index (χ2n) is 6.08. The van der Waals surface area contributed by atoms with Crippen LogP contribution in [0.4, 0.5) is 0 Å². The van der Waals surface area contributed by atoms with Gasteiger partial charge >= 0.3 is 0 Å². The maximum atomic E-state index is 10.2. The first-order valence-corrected chi connectivity index (χ1v) is 7.84. The predicted molar refractivity (Wildman–Crippen MR) is 82.6 cm³/mol.